The SMILES string of the molecule is CC(O)CO.Cc1cccc(C)c1O. The predicted octanol–water partition coefficient (Wildman–Crippen LogP) is 1.37. The number of para-hydroxylation sites is 1. The zero-order chi connectivity index (χ0) is 11.1. The molecule has 0 aliphatic rings. The molecule has 3 nitrogen and oxygen atoms in total. The molecule has 0 bridgehead atoms. The summed E-state index contributed by atoms with van der Waals surface area (Å²) >= 11 is 0. The third kappa shape index (κ3) is 4.84. The minimum Gasteiger partial charge on any atom is -0.507 e. The quantitative estimate of drug-likeness (QED) is 0.638. The minimum absolute atomic E-state index is 0.139. The van der Waals surface area contributed by atoms with Gasteiger partial charge in [-0.15, -0.1) is 0 Å². The van der Waals surface area contributed by atoms with Gasteiger partial charge in [0.15, 0.2) is 0 Å². The number of aromatic hydroxyl groups is 1. The molecule has 0 saturated heterocycles. The number of hydrogen-bond acceptors (Lipinski definition) is 3. The maximum absolute atomic E-state index is 9.21. The van der Waals surface area contributed by atoms with Crippen LogP contribution in [0.3, 0.4) is 0 Å². The number of benzene rings is 1. The van der Waals surface area contributed by atoms with Gasteiger partial charge in [-0.2, -0.15) is 0 Å². The van der Waals surface area contributed by atoms with Gasteiger partial charge < -0.3 is 15.3 Å². The molecule has 0 saturated carbocycles. The summed E-state index contributed by atoms with van der Waals surface area (Å²) in [6.45, 7) is 5.17. The van der Waals surface area contributed by atoms with E-state index in [-0.39, 0.29) is 6.61 Å². The van der Waals surface area contributed by atoms with E-state index in [1.165, 1.54) is 6.92 Å². The van der Waals surface area contributed by atoms with Gasteiger partial charge in [0.2, 0.25) is 0 Å². The molecule has 1 atom stereocenters. The number of aliphatic hydroxyl groups is 2. The number of phenolic OH excluding ortho intramolecular Hbond substituents is 1. The molecule has 0 fully saturated rings. The van der Waals surface area contributed by atoms with Crippen LogP contribution in [0.4, 0.5) is 0 Å². The normalized spacial score (nSPS) is 11.5. The zero-order valence-electron chi connectivity index (χ0n) is 8.86. The van der Waals surface area contributed by atoms with Crippen molar-refractivity contribution in [3.05, 3.63) is 29.3 Å². The third-order valence-electron chi connectivity index (χ3n) is 1.70. The molecule has 0 aromatic heterocycles. The lowest BCUT2D eigenvalue weighted by Gasteiger charge is -1.99. The van der Waals surface area contributed by atoms with E-state index in [1.807, 2.05) is 32.0 Å². The highest BCUT2D eigenvalue weighted by atomic mass is 16.3. The summed E-state index contributed by atoms with van der Waals surface area (Å²) in [4.78, 5) is 0. The molecule has 0 spiro atoms. The fraction of sp³-hybridized carbons (Fsp3) is 0.455. The van der Waals surface area contributed by atoms with Gasteiger partial charge in [-0.3, -0.25) is 0 Å². The smallest absolute Gasteiger partial charge is 0.121 e. The molecule has 1 aromatic carbocycles. The number of rotatable bonds is 1. The second kappa shape index (κ2) is 6.40. The Bertz CT molecular complexity index is 249. The summed E-state index contributed by atoms with van der Waals surface area (Å²) < 4.78 is 0. The third-order valence-corrected chi connectivity index (χ3v) is 1.70. The molecule has 0 heterocycles. The van der Waals surface area contributed by atoms with E-state index in [2.05, 4.69) is 0 Å². The fourth-order valence-electron chi connectivity index (χ4n) is 0.806. The van der Waals surface area contributed by atoms with Crippen LogP contribution in [-0.4, -0.2) is 28.0 Å². The summed E-state index contributed by atoms with van der Waals surface area (Å²) in [5, 5.41) is 25.2. The summed E-state index contributed by atoms with van der Waals surface area (Å²) in [6.07, 6.45) is -0.560. The van der Waals surface area contributed by atoms with Crippen molar-refractivity contribution in [2.24, 2.45) is 0 Å². The monoisotopic (exact) mass is 198 g/mol. The summed E-state index contributed by atoms with van der Waals surface area (Å²) in [7, 11) is 0. The molecular formula is C11H18O3. The van der Waals surface area contributed by atoms with Crippen LogP contribution in [-0.2, 0) is 0 Å². The molecule has 1 aromatic rings. The first-order valence-corrected chi connectivity index (χ1v) is 4.53. The van der Waals surface area contributed by atoms with E-state index in [0.717, 1.165) is 11.1 Å². The van der Waals surface area contributed by atoms with E-state index < -0.39 is 6.10 Å². The van der Waals surface area contributed by atoms with E-state index in [1.54, 1.807) is 0 Å². The Morgan fingerprint density at radius 1 is 1.21 bits per heavy atom. The largest absolute Gasteiger partial charge is 0.507 e. The van der Waals surface area contributed by atoms with Crippen molar-refractivity contribution in [2.75, 3.05) is 6.61 Å². The molecule has 0 aliphatic carbocycles. The minimum atomic E-state index is -0.560. The van der Waals surface area contributed by atoms with Gasteiger partial charge in [0.25, 0.3) is 0 Å². The highest BCUT2D eigenvalue weighted by Crippen LogP contribution is 2.19. The van der Waals surface area contributed by atoms with E-state index in [0.29, 0.717) is 5.75 Å². The first kappa shape index (κ1) is 12.9. The van der Waals surface area contributed by atoms with Gasteiger partial charge in [-0.1, -0.05) is 18.2 Å². The highest BCUT2D eigenvalue weighted by molar-refractivity contribution is 5.37. The van der Waals surface area contributed by atoms with Crippen molar-refractivity contribution in [1.29, 1.82) is 0 Å². The standard InChI is InChI=1S/C8H10O.C3H8O2/c1-6-4-3-5-7(2)8(6)9;1-3(5)2-4/h3-5,9H,1-2H3;3-5H,2H2,1H3. The molecule has 80 valence electrons. The topological polar surface area (TPSA) is 60.7 Å². The van der Waals surface area contributed by atoms with Gasteiger partial charge in [-0.25, -0.2) is 0 Å². The highest BCUT2D eigenvalue weighted by Gasteiger charge is 1.95. The Hall–Kier alpha value is -1.06. The summed E-state index contributed by atoms with van der Waals surface area (Å²) in [5.74, 6) is 0.414. The van der Waals surface area contributed by atoms with Crippen molar-refractivity contribution in [2.45, 2.75) is 26.9 Å². The average Bonchev–Trinajstić information content (AvgIpc) is 2.15. The predicted molar refractivity (Wildman–Crippen MR) is 56.3 cm³/mol. The molecule has 3 N–H and O–H groups in total. The van der Waals surface area contributed by atoms with E-state index in [9.17, 15) is 5.11 Å². The summed E-state index contributed by atoms with van der Waals surface area (Å²) in [5.41, 5.74) is 1.88. The van der Waals surface area contributed by atoms with Crippen LogP contribution in [0, 0.1) is 13.8 Å². The number of hydrogen-bond donors (Lipinski definition) is 3. The van der Waals surface area contributed by atoms with Crippen molar-refractivity contribution in [1.82, 2.24) is 0 Å². The Morgan fingerprint density at radius 2 is 1.57 bits per heavy atom. The molecule has 0 amide bonds. The lowest BCUT2D eigenvalue weighted by molar-refractivity contribution is 0.110. The Labute approximate surface area is 84.6 Å². The Kier molecular flexibility index (Phi) is 5.92. The van der Waals surface area contributed by atoms with Gasteiger partial charge in [0.1, 0.15) is 5.75 Å². The summed E-state index contributed by atoms with van der Waals surface area (Å²) in [6, 6.07) is 5.72. The molecular weight excluding hydrogens is 180 g/mol. The van der Waals surface area contributed by atoms with Gasteiger partial charge in [-0.05, 0) is 31.9 Å². The fourth-order valence-corrected chi connectivity index (χ4v) is 0.806. The second-order valence-electron chi connectivity index (χ2n) is 3.27. The van der Waals surface area contributed by atoms with Crippen molar-refractivity contribution >= 4 is 0 Å². The Morgan fingerprint density at radius 3 is 1.79 bits per heavy atom. The van der Waals surface area contributed by atoms with Gasteiger partial charge in [0, 0.05) is 0 Å². The first-order valence-electron chi connectivity index (χ1n) is 4.53. The van der Waals surface area contributed by atoms with Gasteiger partial charge in [0.05, 0.1) is 12.7 Å². The van der Waals surface area contributed by atoms with Crippen LogP contribution in [0.2, 0.25) is 0 Å². The van der Waals surface area contributed by atoms with Crippen LogP contribution in [0.15, 0.2) is 18.2 Å². The van der Waals surface area contributed by atoms with E-state index in [4.69, 9.17) is 10.2 Å². The van der Waals surface area contributed by atoms with Crippen LogP contribution < -0.4 is 0 Å². The van der Waals surface area contributed by atoms with Crippen LogP contribution in [0.5, 0.6) is 5.75 Å². The van der Waals surface area contributed by atoms with Crippen molar-refractivity contribution in [3.63, 3.8) is 0 Å². The average molecular weight is 198 g/mol. The number of phenols is 1. The molecule has 14 heavy (non-hydrogen) atoms. The molecule has 0 aliphatic heterocycles. The second-order valence-corrected chi connectivity index (χ2v) is 3.27. The molecule has 1 rings (SSSR count). The lowest BCUT2D eigenvalue weighted by atomic mass is 10.1. The Balaban J connectivity index is 0.000000292. The van der Waals surface area contributed by atoms with Crippen LogP contribution in [0.25, 0.3) is 0 Å². The van der Waals surface area contributed by atoms with Crippen LogP contribution in [0.1, 0.15) is 18.1 Å². The van der Waals surface area contributed by atoms with E-state index >= 15 is 0 Å². The maximum Gasteiger partial charge on any atom is 0.121 e. The lowest BCUT2D eigenvalue weighted by Crippen LogP contribution is -2.03. The first-order chi connectivity index (χ1) is 6.49. The maximum atomic E-state index is 9.21. The zero-order valence-corrected chi connectivity index (χ0v) is 8.86. The number of aliphatic hydroxyl groups excluding tert-OH is 2. The van der Waals surface area contributed by atoms with Crippen molar-refractivity contribution in [3.8, 4) is 5.75 Å². The molecule has 3 heteroatoms. The van der Waals surface area contributed by atoms with Gasteiger partial charge >= 0.3 is 0 Å². The molecule has 1 unspecified atom stereocenters. The van der Waals surface area contributed by atoms with Crippen molar-refractivity contribution < 1.29 is 15.3 Å². The molecule has 0 radical (unpaired) electrons. The van der Waals surface area contributed by atoms with Crippen LogP contribution >= 0.6 is 0 Å². The number of aryl methyl sites for hydroxylation is 2.